The van der Waals surface area contributed by atoms with Crippen molar-refractivity contribution in [3.63, 3.8) is 0 Å². The molecule has 2 atom stereocenters. The van der Waals surface area contributed by atoms with E-state index < -0.39 is 11.4 Å². The molecule has 0 amide bonds. The van der Waals surface area contributed by atoms with Gasteiger partial charge in [0.15, 0.2) is 17.3 Å². The van der Waals surface area contributed by atoms with Crippen LogP contribution >= 0.6 is 0 Å². The predicted octanol–water partition coefficient (Wildman–Crippen LogP) is 7.05. The van der Waals surface area contributed by atoms with E-state index in [0.29, 0.717) is 37.7 Å². The van der Waals surface area contributed by atoms with E-state index in [1.807, 2.05) is 105 Å². The van der Waals surface area contributed by atoms with Gasteiger partial charge in [-0.15, -0.1) is 0 Å². The minimum atomic E-state index is -0.763. The molecule has 0 aromatic heterocycles. The number of ether oxygens (including phenoxy) is 6. The van der Waals surface area contributed by atoms with Crippen molar-refractivity contribution in [3.8, 4) is 23.0 Å². The highest BCUT2D eigenvalue weighted by molar-refractivity contribution is 5.47. The van der Waals surface area contributed by atoms with Gasteiger partial charge in [0.1, 0.15) is 43.0 Å². The molecule has 1 fully saturated rings. The van der Waals surface area contributed by atoms with E-state index in [1.165, 1.54) is 0 Å². The molecule has 6 rings (SSSR count). The summed E-state index contributed by atoms with van der Waals surface area (Å²) in [7, 11) is 1.66. The molecule has 0 bridgehead atoms. The van der Waals surface area contributed by atoms with Crippen molar-refractivity contribution in [2.24, 2.45) is 0 Å². The van der Waals surface area contributed by atoms with Crippen LogP contribution in [0.3, 0.4) is 0 Å². The average molecular weight is 539 g/mol. The minimum absolute atomic E-state index is 0.297. The highest BCUT2D eigenvalue weighted by Crippen LogP contribution is 2.53. The van der Waals surface area contributed by atoms with E-state index in [2.05, 4.69) is 6.07 Å². The quantitative estimate of drug-likeness (QED) is 0.228. The Labute approximate surface area is 235 Å². The van der Waals surface area contributed by atoms with E-state index >= 15 is 0 Å². The van der Waals surface area contributed by atoms with Crippen LogP contribution in [-0.2, 0) is 29.1 Å². The van der Waals surface area contributed by atoms with Crippen LogP contribution in [-0.4, -0.2) is 25.1 Å². The molecule has 6 heteroatoms. The third-order valence-electron chi connectivity index (χ3n) is 7.28. The SMILES string of the molecule is COc1cc(C[C@@]23COc4cc(OCc5ccccc5)ccc4[C@@H]2OC(C)(C)O3)ccc1OCc1ccccc1. The second kappa shape index (κ2) is 10.9. The summed E-state index contributed by atoms with van der Waals surface area (Å²) < 4.78 is 37.2. The normalized spacial score (nSPS) is 20.6. The zero-order valence-corrected chi connectivity index (χ0v) is 23.1. The van der Waals surface area contributed by atoms with E-state index in [4.69, 9.17) is 28.4 Å². The lowest BCUT2D eigenvalue weighted by Gasteiger charge is -2.38. The van der Waals surface area contributed by atoms with Crippen molar-refractivity contribution in [3.05, 3.63) is 119 Å². The highest BCUT2D eigenvalue weighted by atomic mass is 16.8. The Bertz CT molecular complexity index is 1450. The molecule has 40 heavy (non-hydrogen) atoms. The van der Waals surface area contributed by atoms with Gasteiger partial charge in [0, 0.05) is 18.1 Å². The van der Waals surface area contributed by atoms with Crippen LogP contribution in [0.5, 0.6) is 23.0 Å². The maximum atomic E-state index is 6.60. The average Bonchev–Trinajstić information content (AvgIpc) is 3.26. The van der Waals surface area contributed by atoms with Gasteiger partial charge in [-0.2, -0.15) is 0 Å². The van der Waals surface area contributed by atoms with Gasteiger partial charge in [0.25, 0.3) is 0 Å². The van der Waals surface area contributed by atoms with Gasteiger partial charge in [-0.3, -0.25) is 0 Å². The Morgan fingerprint density at radius 2 is 1.45 bits per heavy atom. The first kappa shape index (κ1) is 26.2. The van der Waals surface area contributed by atoms with Crippen LogP contribution in [0, 0.1) is 0 Å². The first-order chi connectivity index (χ1) is 19.4. The van der Waals surface area contributed by atoms with Gasteiger partial charge in [0.2, 0.25) is 0 Å². The van der Waals surface area contributed by atoms with E-state index in [0.717, 1.165) is 33.8 Å². The Balaban J connectivity index is 1.21. The van der Waals surface area contributed by atoms with Crippen LogP contribution in [0.15, 0.2) is 97.1 Å². The summed E-state index contributed by atoms with van der Waals surface area (Å²) in [4.78, 5) is 0. The Hall–Kier alpha value is -4.00. The molecule has 4 aromatic rings. The number of hydrogen-bond acceptors (Lipinski definition) is 6. The molecular weight excluding hydrogens is 504 g/mol. The standard InChI is InChI=1S/C34H34O6/c1-33(2)39-32-28-16-15-27(36-21-24-10-6-4-7-11-24)19-30(28)38-23-34(32,40-33)20-26-14-17-29(31(18-26)35-3)37-22-25-12-8-5-9-13-25/h4-19,32H,20-23H2,1-3H3/t32-,34+/m0/s1. The summed E-state index contributed by atoms with van der Waals surface area (Å²) in [6.07, 6.45) is 0.289. The van der Waals surface area contributed by atoms with Gasteiger partial charge in [-0.1, -0.05) is 66.7 Å². The Morgan fingerprint density at radius 3 is 2.15 bits per heavy atom. The molecular formula is C34H34O6. The van der Waals surface area contributed by atoms with Gasteiger partial charge >= 0.3 is 0 Å². The zero-order chi connectivity index (χ0) is 27.6. The Kier molecular flexibility index (Phi) is 7.13. The molecule has 1 saturated heterocycles. The monoisotopic (exact) mass is 538 g/mol. The third kappa shape index (κ3) is 5.51. The molecule has 0 unspecified atom stereocenters. The first-order valence-corrected chi connectivity index (χ1v) is 13.6. The molecule has 0 aliphatic carbocycles. The van der Waals surface area contributed by atoms with Crippen molar-refractivity contribution in [2.75, 3.05) is 13.7 Å². The van der Waals surface area contributed by atoms with Crippen molar-refractivity contribution in [1.82, 2.24) is 0 Å². The topological polar surface area (TPSA) is 55.4 Å². The fourth-order valence-corrected chi connectivity index (χ4v) is 5.50. The maximum absolute atomic E-state index is 6.60. The first-order valence-electron chi connectivity index (χ1n) is 13.6. The summed E-state index contributed by atoms with van der Waals surface area (Å²) in [5.41, 5.74) is 3.52. The molecule has 6 nitrogen and oxygen atoms in total. The molecule has 4 aromatic carbocycles. The summed E-state index contributed by atoms with van der Waals surface area (Å²) >= 11 is 0. The van der Waals surface area contributed by atoms with Gasteiger partial charge in [-0.05, 0) is 54.8 Å². The van der Waals surface area contributed by atoms with E-state index in [-0.39, 0.29) is 6.10 Å². The largest absolute Gasteiger partial charge is 0.493 e. The van der Waals surface area contributed by atoms with E-state index in [9.17, 15) is 0 Å². The van der Waals surface area contributed by atoms with Crippen LogP contribution in [0.25, 0.3) is 0 Å². The molecule has 0 N–H and O–H groups in total. The molecule has 206 valence electrons. The summed E-state index contributed by atoms with van der Waals surface area (Å²) in [6.45, 7) is 5.21. The highest BCUT2D eigenvalue weighted by Gasteiger charge is 2.57. The summed E-state index contributed by atoms with van der Waals surface area (Å²) in [5.74, 6) is 2.12. The van der Waals surface area contributed by atoms with Gasteiger partial charge < -0.3 is 28.4 Å². The zero-order valence-electron chi connectivity index (χ0n) is 23.1. The van der Waals surface area contributed by atoms with Gasteiger partial charge in [-0.25, -0.2) is 0 Å². The van der Waals surface area contributed by atoms with Crippen LogP contribution in [0.1, 0.15) is 42.2 Å². The lowest BCUT2D eigenvalue weighted by Crippen LogP contribution is -2.46. The minimum Gasteiger partial charge on any atom is -0.493 e. The van der Waals surface area contributed by atoms with Crippen molar-refractivity contribution < 1.29 is 28.4 Å². The van der Waals surface area contributed by atoms with Gasteiger partial charge in [0.05, 0.1) is 7.11 Å². The molecule has 2 aliphatic heterocycles. The maximum Gasteiger partial charge on any atom is 0.164 e. The number of methoxy groups -OCH3 is 1. The number of rotatable bonds is 9. The van der Waals surface area contributed by atoms with Crippen molar-refractivity contribution in [2.45, 2.75) is 51.0 Å². The smallest absolute Gasteiger partial charge is 0.164 e. The predicted molar refractivity (Wildman–Crippen MR) is 152 cm³/mol. The molecule has 0 spiro atoms. The fourth-order valence-electron chi connectivity index (χ4n) is 5.50. The van der Waals surface area contributed by atoms with E-state index in [1.54, 1.807) is 7.11 Å². The van der Waals surface area contributed by atoms with Crippen molar-refractivity contribution in [1.29, 1.82) is 0 Å². The van der Waals surface area contributed by atoms with Crippen molar-refractivity contribution >= 4 is 0 Å². The second-order valence-corrected chi connectivity index (χ2v) is 10.8. The lowest BCUT2D eigenvalue weighted by atomic mass is 9.84. The van der Waals surface area contributed by atoms with Crippen LogP contribution < -0.4 is 18.9 Å². The van der Waals surface area contributed by atoms with Crippen LogP contribution in [0.2, 0.25) is 0 Å². The Morgan fingerprint density at radius 1 is 0.750 bits per heavy atom. The number of benzene rings is 4. The number of hydrogen-bond donors (Lipinski definition) is 0. The fraction of sp³-hybridized carbons (Fsp3) is 0.294. The molecule has 2 heterocycles. The lowest BCUT2D eigenvalue weighted by molar-refractivity contribution is -0.167. The number of fused-ring (bicyclic) bond motifs is 3. The second-order valence-electron chi connectivity index (χ2n) is 10.8. The third-order valence-corrected chi connectivity index (χ3v) is 7.28. The molecule has 0 radical (unpaired) electrons. The summed E-state index contributed by atoms with van der Waals surface area (Å²) in [6, 6.07) is 32.2. The van der Waals surface area contributed by atoms with Crippen LogP contribution in [0.4, 0.5) is 0 Å². The summed E-state index contributed by atoms with van der Waals surface area (Å²) in [5, 5.41) is 0. The molecule has 0 saturated carbocycles. The molecule has 2 aliphatic rings.